The van der Waals surface area contributed by atoms with E-state index in [1.165, 1.54) is 0 Å². The Morgan fingerprint density at radius 2 is 1.82 bits per heavy atom. The molecule has 0 spiro atoms. The van der Waals surface area contributed by atoms with Crippen molar-refractivity contribution < 1.29 is 4.39 Å². The van der Waals surface area contributed by atoms with Gasteiger partial charge in [-0.1, -0.05) is 19.9 Å². The van der Waals surface area contributed by atoms with Crippen LogP contribution in [0.15, 0.2) is 12.1 Å². The van der Waals surface area contributed by atoms with Crippen molar-refractivity contribution in [1.82, 2.24) is 0 Å². The number of halogens is 1. The van der Waals surface area contributed by atoms with Gasteiger partial charge in [-0.2, -0.15) is 0 Å². The Kier molecular flexibility index (Phi) is 2.81. The van der Waals surface area contributed by atoms with Gasteiger partial charge < -0.3 is 5.73 Å². The zero-order chi connectivity index (χ0) is 12.8. The summed E-state index contributed by atoms with van der Waals surface area (Å²) < 4.78 is 14.2. The van der Waals surface area contributed by atoms with E-state index in [1.54, 1.807) is 6.07 Å². The lowest BCUT2D eigenvalue weighted by Gasteiger charge is -2.29. The lowest BCUT2D eigenvalue weighted by atomic mass is 9.81. The van der Waals surface area contributed by atoms with E-state index < -0.39 is 5.54 Å². The first-order valence-corrected chi connectivity index (χ1v) is 6.30. The third-order valence-corrected chi connectivity index (χ3v) is 3.97. The first-order chi connectivity index (χ1) is 7.73. The van der Waals surface area contributed by atoms with Gasteiger partial charge >= 0.3 is 0 Å². The van der Waals surface area contributed by atoms with Gasteiger partial charge in [0.05, 0.1) is 0 Å². The van der Waals surface area contributed by atoms with Crippen molar-refractivity contribution in [3.63, 3.8) is 0 Å². The van der Waals surface area contributed by atoms with Crippen LogP contribution in [0, 0.1) is 25.1 Å². The number of hydrogen-bond donors (Lipinski definition) is 1. The van der Waals surface area contributed by atoms with Gasteiger partial charge in [-0.3, -0.25) is 0 Å². The normalized spacial score (nSPS) is 27.4. The lowest BCUT2D eigenvalue weighted by Crippen LogP contribution is -2.36. The Bertz CT molecular complexity index is 427. The number of nitrogens with two attached hydrogens (primary N) is 1. The number of benzene rings is 1. The fraction of sp³-hybridized carbons (Fsp3) is 0.600. The van der Waals surface area contributed by atoms with Crippen LogP contribution in [0.1, 0.15) is 49.8 Å². The van der Waals surface area contributed by atoms with Gasteiger partial charge in [0, 0.05) is 11.1 Å². The third kappa shape index (κ3) is 2.23. The molecule has 94 valence electrons. The Balaban J connectivity index is 2.48. The molecule has 2 rings (SSSR count). The van der Waals surface area contributed by atoms with Crippen molar-refractivity contribution in [2.45, 2.75) is 52.5 Å². The molecule has 1 aromatic carbocycles. The van der Waals surface area contributed by atoms with Gasteiger partial charge in [-0.15, -0.1) is 0 Å². The molecule has 0 aromatic heterocycles. The largest absolute Gasteiger partial charge is 0.321 e. The monoisotopic (exact) mass is 235 g/mol. The van der Waals surface area contributed by atoms with Crippen LogP contribution in [0.5, 0.6) is 0 Å². The molecule has 1 aliphatic carbocycles. The van der Waals surface area contributed by atoms with E-state index in [1.807, 2.05) is 19.9 Å². The second kappa shape index (κ2) is 3.81. The van der Waals surface area contributed by atoms with Crippen molar-refractivity contribution in [2.75, 3.05) is 0 Å². The molecule has 2 N–H and O–H groups in total. The van der Waals surface area contributed by atoms with Crippen LogP contribution >= 0.6 is 0 Å². The first-order valence-electron chi connectivity index (χ1n) is 6.30. The molecule has 2 heteroatoms. The third-order valence-electron chi connectivity index (χ3n) is 3.97. The van der Waals surface area contributed by atoms with Crippen LogP contribution in [0.3, 0.4) is 0 Å². The molecule has 1 saturated carbocycles. The van der Waals surface area contributed by atoms with Crippen molar-refractivity contribution >= 4 is 0 Å². The maximum atomic E-state index is 14.2. The minimum Gasteiger partial charge on any atom is -0.321 e. The molecule has 0 aliphatic heterocycles. The Morgan fingerprint density at radius 1 is 1.18 bits per heavy atom. The van der Waals surface area contributed by atoms with Gasteiger partial charge in [0.15, 0.2) is 0 Å². The maximum absolute atomic E-state index is 14.2. The molecule has 1 fully saturated rings. The average molecular weight is 235 g/mol. The summed E-state index contributed by atoms with van der Waals surface area (Å²) in [6.07, 6.45) is 2.80. The molecule has 1 unspecified atom stereocenters. The zero-order valence-electron chi connectivity index (χ0n) is 11.2. The van der Waals surface area contributed by atoms with Gasteiger partial charge in [0.1, 0.15) is 5.82 Å². The fourth-order valence-electron chi connectivity index (χ4n) is 3.35. The van der Waals surface area contributed by atoms with Gasteiger partial charge in [-0.25, -0.2) is 4.39 Å². The maximum Gasteiger partial charge on any atom is 0.128 e. The lowest BCUT2D eigenvalue weighted by molar-refractivity contribution is 0.333. The van der Waals surface area contributed by atoms with Crippen LogP contribution in [-0.2, 0) is 5.54 Å². The summed E-state index contributed by atoms with van der Waals surface area (Å²) in [5.41, 5.74) is 8.89. The fourth-order valence-corrected chi connectivity index (χ4v) is 3.35. The Morgan fingerprint density at radius 3 is 2.29 bits per heavy atom. The van der Waals surface area contributed by atoms with Gasteiger partial charge in [0.25, 0.3) is 0 Å². The molecule has 0 radical (unpaired) electrons. The predicted octanol–water partition coefficient (Wildman–Crippen LogP) is 3.81. The van der Waals surface area contributed by atoms with Crippen LogP contribution in [0.25, 0.3) is 0 Å². The van der Waals surface area contributed by atoms with Crippen molar-refractivity contribution in [3.8, 4) is 0 Å². The minimum absolute atomic E-state index is 0.136. The summed E-state index contributed by atoms with van der Waals surface area (Å²) in [6.45, 7) is 8.30. The molecule has 1 aromatic rings. The van der Waals surface area contributed by atoms with E-state index in [0.717, 1.165) is 36.0 Å². The summed E-state index contributed by atoms with van der Waals surface area (Å²) in [5, 5.41) is 0. The molecule has 17 heavy (non-hydrogen) atoms. The molecular formula is C15H22FN. The number of rotatable bonds is 1. The van der Waals surface area contributed by atoms with E-state index in [-0.39, 0.29) is 11.2 Å². The van der Waals surface area contributed by atoms with E-state index in [9.17, 15) is 4.39 Å². The summed E-state index contributed by atoms with van der Waals surface area (Å²) in [4.78, 5) is 0. The standard InChI is InChI=1S/C15H22FN/c1-10-7-11(2)13(12(16)8-10)15(17)6-5-14(3,4)9-15/h7-8H,5-6,9,17H2,1-4H3. The molecule has 0 amide bonds. The summed E-state index contributed by atoms with van der Waals surface area (Å²) >= 11 is 0. The topological polar surface area (TPSA) is 26.0 Å². The molecule has 1 atom stereocenters. The Labute approximate surface area is 103 Å². The SMILES string of the molecule is Cc1cc(C)c(C2(N)CCC(C)(C)C2)c(F)c1. The second-order valence-electron chi connectivity index (χ2n) is 6.44. The van der Waals surface area contributed by atoms with Crippen molar-refractivity contribution in [2.24, 2.45) is 11.1 Å². The van der Waals surface area contributed by atoms with Crippen molar-refractivity contribution in [3.05, 3.63) is 34.6 Å². The highest BCUT2D eigenvalue weighted by molar-refractivity contribution is 5.38. The van der Waals surface area contributed by atoms with E-state index in [0.29, 0.717) is 0 Å². The van der Waals surface area contributed by atoms with Gasteiger partial charge in [0.2, 0.25) is 0 Å². The molecule has 0 saturated heterocycles. The average Bonchev–Trinajstić information content (AvgIpc) is 2.38. The summed E-state index contributed by atoms with van der Waals surface area (Å²) in [6, 6.07) is 3.63. The highest BCUT2D eigenvalue weighted by Gasteiger charge is 2.43. The van der Waals surface area contributed by atoms with Crippen molar-refractivity contribution in [1.29, 1.82) is 0 Å². The van der Waals surface area contributed by atoms with Gasteiger partial charge in [-0.05, 0) is 55.7 Å². The van der Waals surface area contributed by atoms with Crippen LogP contribution in [-0.4, -0.2) is 0 Å². The van der Waals surface area contributed by atoms with Crippen LogP contribution in [0.4, 0.5) is 4.39 Å². The van der Waals surface area contributed by atoms with Crippen LogP contribution in [0.2, 0.25) is 0 Å². The predicted molar refractivity (Wildman–Crippen MR) is 69.4 cm³/mol. The van der Waals surface area contributed by atoms with E-state index in [2.05, 4.69) is 13.8 Å². The Hall–Kier alpha value is -0.890. The molecule has 1 aliphatic rings. The molecular weight excluding hydrogens is 213 g/mol. The second-order valence-corrected chi connectivity index (χ2v) is 6.44. The summed E-state index contributed by atoms with van der Waals surface area (Å²) in [5.74, 6) is -0.136. The molecule has 1 nitrogen and oxygen atoms in total. The highest BCUT2D eigenvalue weighted by atomic mass is 19.1. The highest BCUT2D eigenvalue weighted by Crippen LogP contribution is 2.48. The molecule has 0 heterocycles. The quantitative estimate of drug-likeness (QED) is 0.787. The first kappa shape index (κ1) is 12.6. The zero-order valence-corrected chi connectivity index (χ0v) is 11.2. The van der Waals surface area contributed by atoms with Crippen LogP contribution < -0.4 is 5.73 Å². The number of hydrogen-bond acceptors (Lipinski definition) is 1. The molecule has 0 bridgehead atoms. The number of aryl methyl sites for hydroxylation is 2. The van der Waals surface area contributed by atoms with E-state index >= 15 is 0 Å². The van der Waals surface area contributed by atoms with E-state index in [4.69, 9.17) is 5.73 Å². The minimum atomic E-state index is -0.481. The smallest absolute Gasteiger partial charge is 0.128 e. The summed E-state index contributed by atoms with van der Waals surface area (Å²) in [7, 11) is 0.